The van der Waals surface area contributed by atoms with Gasteiger partial charge in [-0.15, -0.1) is 0 Å². The van der Waals surface area contributed by atoms with Crippen LogP contribution in [0.2, 0.25) is 5.02 Å². The number of halogens is 1. The molecule has 1 amide bonds. The zero-order chi connectivity index (χ0) is 19.3. The molecule has 138 valence electrons. The fraction of sp³-hybridized carbons (Fsp3) is 0.300. The van der Waals surface area contributed by atoms with Crippen LogP contribution >= 0.6 is 11.6 Å². The lowest BCUT2D eigenvalue weighted by Gasteiger charge is -2.16. The molecule has 6 heteroatoms. The molecule has 26 heavy (non-hydrogen) atoms. The maximum Gasteiger partial charge on any atom is 0.339 e. The molecule has 0 spiro atoms. The second kappa shape index (κ2) is 8.72. The Kier molecular flexibility index (Phi) is 6.64. The van der Waals surface area contributed by atoms with Crippen LogP contribution in [-0.4, -0.2) is 24.6 Å². The Morgan fingerprint density at radius 2 is 1.77 bits per heavy atom. The van der Waals surface area contributed by atoms with Crippen molar-refractivity contribution in [2.75, 3.05) is 11.9 Å². The Morgan fingerprint density at radius 1 is 1.12 bits per heavy atom. The Hall–Kier alpha value is -2.53. The van der Waals surface area contributed by atoms with Crippen molar-refractivity contribution in [3.63, 3.8) is 0 Å². The topological polar surface area (TPSA) is 64.6 Å². The third-order valence-corrected chi connectivity index (χ3v) is 3.92. The summed E-state index contributed by atoms with van der Waals surface area (Å²) < 4.78 is 10.6. The Bertz CT molecular complexity index is 799. The SMILES string of the molecule is CCOC(=O)c1ccc(NC(=O)[C@H](C)Oc2cc(C)cc(C)c2)cc1Cl. The molecule has 0 bridgehead atoms. The zero-order valence-electron chi connectivity index (χ0n) is 15.3. The van der Waals surface area contributed by atoms with Gasteiger partial charge in [0.15, 0.2) is 6.10 Å². The second-order valence-electron chi connectivity index (χ2n) is 5.99. The number of ether oxygens (including phenoxy) is 2. The highest BCUT2D eigenvalue weighted by atomic mass is 35.5. The van der Waals surface area contributed by atoms with Crippen LogP contribution in [0, 0.1) is 13.8 Å². The standard InChI is InChI=1S/C20H22ClNO4/c1-5-25-20(24)17-7-6-15(11-18(17)21)22-19(23)14(4)26-16-9-12(2)8-13(3)10-16/h6-11,14H,5H2,1-4H3,(H,22,23)/t14-/m0/s1. The molecule has 0 aromatic heterocycles. The van der Waals surface area contributed by atoms with Crippen molar-refractivity contribution in [1.82, 2.24) is 0 Å². The number of rotatable bonds is 6. The highest BCUT2D eigenvalue weighted by Crippen LogP contribution is 2.23. The minimum absolute atomic E-state index is 0.212. The fourth-order valence-electron chi connectivity index (χ4n) is 2.47. The van der Waals surface area contributed by atoms with Gasteiger partial charge >= 0.3 is 5.97 Å². The highest BCUT2D eigenvalue weighted by molar-refractivity contribution is 6.34. The van der Waals surface area contributed by atoms with Gasteiger partial charge in [-0.05, 0) is 69.2 Å². The van der Waals surface area contributed by atoms with Gasteiger partial charge in [-0.3, -0.25) is 4.79 Å². The summed E-state index contributed by atoms with van der Waals surface area (Å²) in [5, 5.41) is 2.94. The Morgan fingerprint density at radius 3 is 2.35 bits per heavy atom. The summed E-state index contributed by atoms with van der Waals surface area (Å²) >= 11 is 6.10. The number of aryl methyl sites for hydroxylation is 2. The van der Waals surface area contributed by atoms with Gasteiger partial charge in [-0.1, -0.05) is 17.7 Å². The molecule has 0 aliphatic heterocycles. The zero-order valence-corrected chi connectivity index (χ0v) is 16.0. The van der Waals surface area contributed by atoms with Crippen molar-refractivity contribution >= 4 is 29.2 Å². The molecule has 0 heterocycles. The quantitative estimate of drug-likeness (QED) is 0.753. The molecule has 5 nitrogen and oxygen atoms in total. The van der Waals surface area contributed by atoms with Crippen molar-refractivity contribution in [1.29, 1.82) is 0 Å². The van der Waals surface area contributed by atoms with E-state index >= 15 is 0 Å². The molecule has 1 atom stereocenters. The van der Waals surface area contributed by atoms with Gasteiger partial charge in [-0.2, -0.15) is 0 Å². The van der Waals surface area contributed by atoms with Crippen LogP contribution in [0.5, 0.6) is 5.75 Å². The number of esters is 1. The van der Waals surface area contributed by atoms with E-state index in [-0.39, 0.29) is 23.1 Å². The van der Waals surface area contributed by atoms with E-state index in [1.165, 1.54) is 12.1 Å². The number of nitrogens with one attached hydrogen (secondary N) is 1. The third kappa shape index (κ3) is 5.23. The summed E-state index contributed by atoms with van der Waals surface area (Å²) in [6.07, 6.45) is -0.695. The molecule has 0 unspecified atom stereocenters. The molecule has 0 saturated carbocycles. The average molecular weight is 376 g/mol. The van der Waals surface area contributed by atoms with Gasteiger partial charge in [0.1, 0.15) is 5.75 Å². The lowest BCUT2D eigenvalue weighted by molar-refractivity contribution is -0.122. The molecule has 0 aliphatic carbocycles. The molecule has 2 aromatic carbocycles. The van der Waals surface area contributed by atoms with Crippen LogP contribution < -0.4 is 10.1 Å². The van der Waals surface area contributed by atoms with Gasteiger partial charge in [0.2, 0.25) is 0 Å². The van der Waals surface area contributed by atoms with Crippen LogP contribution in [0.25, 0.3) is 0 Å². The predicted molar refractivity (Wildman–Crippen MR) is 102 cm³/mol. The van der Waals surface area contributed by atoms with E-state index < -0.39 is 12.1 Å². The first-order valence-electron chi connectivity index (χ1n) is 8.32. The summed E-state index contributed by atoms with van der Waals surface area (Å²) in [6, 6.07) is 10.4. The average Bonchev–Trinajstić information content (AvgIpc) is 2.54. The van der Waals surface area contributed by atoms with E-state index in [0.717, 1.165) is 11.1 Å². The van der Waals surface area contributed by atoms with Crippen molar-refractivity contribution in [3.05, 3.63) is 58.1 Å². The summed E-state index contributed by atoms with van der Waals surface area (Å²) in [5.74, 6) is -0.174. The van der Waals surface area contributed by atoms with E-state index in [1.54, 1.807) is 19.9 Å². The van der Waals surface area contributed by atoms with Crippen molar-refractivity contribution in [2.45, 2.75) is 33.8 Å². The molecule has 0 aliphatic rings. The van der Waals surface area contributed by atoms with E-state index in [1.807, 2.05) is 32.0 Å². The van der Waals surface area contributed by atoms with Crippen molar-refractivity contribution in [3.8, 4) is 5.75 Å². The van der Waals surface area contributed by atoms with Crippen LogP contribution in [0.4, 0.5) is 5.69 Å². The molecule has 2 aromatic rings. The summed E-state index contributed by atoms with van der Waals surface area (Å²) in [4.78, 5) is 24.1. The molecular weight excluding hydrogens is 354 g/mol. The molecule has 0 radical (unpaired) electrons. The van der Waals surface area contributed by atoms with Gasteiger partial charge in [0.05, 0.1) is 17.2 Å². The Labute approximate surface area is 158 Å². The molecule has 2 rings (SSSR count). The van der Waals surface area contributed by atoms with Crippen LogP contribution in [0.15, 0.2) is 36.4 Å². The minimum Gasteiger partial charge on any atom is -0.481 e. The summed E-state index contributed by atoms with van der Waals surface area (Å²) in [6.45, 7) is 7.59. The minimum atomic E-state index is -0.695. The number of anilines is 1. The van der Waals surface area contributed by atoms with E-state index in [0.29, 0.717) is 11.4 Å². The molecule has 0 saturated heterocycles. The van der Waals surface area contributed by atoms with Crippen molar-refractivity contribution in [2.24, 2.45) is 0 Å². The maximum absolute atomic E-state index is 12.3. The number of benzene rings is 2. The van der Waals surface area contributed by atoms with Gasteiger partial charge in [0.25, 0.3) is 5.91 Å². The monoisotopic (exact) mass is 375 g/mol. The van der Waals surface area contributed by atoms with Crippen LogP contribution in [0.3, 0.4) is 0 Å². The summed E-state index contributed by atoms with van der Waals surface area (Å²) in [7, 11) is 0. The van der Waals surface area contributed by atoms with Crippen LogP contribution in [0.1, 0.15) is 35.3 Å². The third-order valence-electron chi connectivity index (χ3n) is 3.61. The number of hydrogen-bond donors (Lipinski definition) is 1. The predicted octanol–water partition coefficient (Wildman–Crippen LogP) is 4.54. The Balaban J connectivity index is 2.04. The van der Waals surface area contributed by atoms with Gasteiger partial charge < -0.3 is 14.8 Å². The first-order valence-corrected chi connectivity index (χ1v) is 8.70. The molecular formula is C20H22ClNO4. The highest BCUT2D eigenvalue weighted by Gasteiger charge is 2.17. The van der Waals surface area contributed by atoms with Gasteiger partial charge in [-0.25, -0.2) is 4.79 Å². The number of amides is 1. The first kappa shape index (κ1) is 19.8. The second-order valence-corrected chi connectivity index (χ2v) is 6.40. The maximum atomic E-state index is 12.3. The number of carbonyl (C=O) groups excluding carboxylic acids is 2. The molecule has 0 fully saturated rings. The first-order chi connectivity index (χ1) is 12.3. The lowest BCUT2D eigenvalue weighted by Crippen LogP contribution is -2.30. The van der Waals surface area contributed by atoms with Crippen LogP contribution in [-0.2, 0) is 9.53 Å². The fourth-order valence-corrected chi connectivity index (χ4v) is 2.73. The van der Waals surface area contributed by atoms with E-state index in [4.69, 9.17) is 21.1 Å². The smallest absolute Gasteiger partial charge is 0.339 e. The van der Waals surface area contributed by atoms with Crippen molar-refractivity contribution < 1.29 is 19.1 Å². The number of hydrogen-bond acceptors (Lipinski definition) is 4. The largest absolute Gasteiger partial charge is 0.481 e. The number of carbonyl (C=O) groups is 2. The summed E-state index contributed by atoms with van der Waals surface area (Å²) in [5.41, 5.74) is 2.86. The molecule has 1 N–H and O–H groups in total. The van der Waals surface area contributed by atoms with E-state index in [2.05, 4.69) is 5.32 Å². The van der Waals surface area contributed by atoms with E-state index in [9.17, 15) is 9.59 Å². The lowest BCUT2D eigenvalue weighted by atomic mass is 10.1. The van der Waals surface area contributed by atoms with Gasteiger partial charge in [0, 0.05) is 5.69 Å². The normalized spacial score (nSPS) is 11.6.